The number of benzene rings is 2. The van der Waals surface area contributed by atoms with E-state index in [4.69, 9.17) is 18.9 Å². The van der Waals surface area contributed by atoms with Crippen LogP contribution >= 0.6 is 0 Å². The fourth-order valence-electron chi connectivity index (χ4n) is 2.58. The van der Waals surface area contributed by atoms with E-state index in [2.05, 4.69) is 5.10 Å². The number of hydrogen-bond acceptors (Lipinski definition) is 6. The third kappa shape index (κ3) is 4.03. The molecule has 140 valence electrons. The van der Waals surface area contributed by atoms with Gasteiger partial charge in [0.05, 0.1) is 27.0 Å². The molecule has 0 aliphatic heterocycles. The van der Waals surface area contributed by atoms with E-state index in [1.54, 1.807) is 23.0 Å². The Hall–Kier alpha value is -3.48. The predicted octanol–water partition coefficient (Wildman–Crippen LogP) is 3.26. The van der Waals surface area contributed by atoms with Crippen LogP contribution in [0.5, 0.6) is 17.2 Å². The van der Waals surface area contributed by atoms with Crippen LogP contribution in [0, 0.1) is 0 Å². The van der Waals surface area contributed by atoms with Crippen molar-refractivity contribution in [2.24, 2.45) is 0 Å². The highest BCUT2D eigenvalue weighted by atomic mass is 16.5. The fourth-order valence-corrected chi connectivity index (χ4v) is 2.58. The van der Waals surface area contributed by atoms with Gasteiger partial charge in [0, 0.05) is 24.5 Å². The van der Waals surface area contributed by atoms with Crippen LogP contribution in [0.15, 0.2) is 54.9 Å². The molecule has 0 spiro atoms. The number of nitrogens with zero attached hydrogens (tertiary/aromatic N) is 2. The normalized spacial score (nSPS) is 10.3. The van der Waals surface area contributed by atoms with Gasteiger partial charge in [0.2, 0.25) is 0 Å². The molecule has 1 heterocycles. The first-order valence-electron chi connectivity index (χ1n) is 8.22. The molecule has 0 atom stereocenters. The summed E-state index contributed by atoms with van der Waals surface area (Å²) in [5.74, 6) is 0.740. The van der Waals surface area contributed by atoms with Gasteiger partial charge in [-0.2, -0.15) is 5.10 Å². The van der Waals surface area contributed by atoms with Crippen LogP contribution in [0.1, 0.15) is 15.9 Å². The molecule has 0 saturated carbocycles. The number of rotatable bonds is 7. The van der Waals surface area contributed by atoms with E-state index in [1.807, 2.05) is 36.5 Å². The van der Waals surface area contributed by atoms with E-state index in [0.29, 0.717) is 17.2 Å². The van der Waals surface area contributed by atoms with Gasteiger partial charge in [-0.05, 0) is 23.8 Å². The number of carbonyl (C=O) groups is 1. The fraction of sp³-hybridized carbons (Fsp3) is 0.200. The molecule has 3 rings (SSSR count). The molecule has 0 aliphatic carbocycles. The highest BCUT2D eigenvalue weighted by molar-refractivity contribution is 5.93. The van der Waals surface area contributed by atoms with E-state index in [0.717, 1.165) is 11.3 Å². The van der Waals surface area contributed by atoms with Crippen molar-refractivity contribution in [2.75, 3.05) is 21.3 Å². The Bertz CT molecular complexity index is 905. The van der Waals surface area contributed by atoms with Crippen molar-refractivity contribution in [3.8, 4) is 22.9 Å². The topological polar surface area (TPSA) is 71.8 Å². The van der Waals surface area contributed by atoms with Gasteiger partial charge < -0.3 is 18.9 Å². The van der Waals surface area contributed by atoms with Gasteiger partial charge in [0.25, 0.3) is 0 Å². The second kappa shape index (κ2) is 8.27. The summed E-state index contributed by atoms with van der Waals surface area (Å²) >= 11 is 0. The smallest absolute Gasteiger partial charge is 0.342 e. The Morgan fingerprint density at radius 3 is 2.22 bits per heavy atom. The Balaban J connectivity index is 1.72. The Morgan fingerprint density at radius 1 is 0.963 bits per heavy atom. The maximum absolute atomic E-state index is 12.5. The second-order valence-electron chi connectivity index (χ2n) is 5.60. The van der Waals surface area contributed by atoms with Crippen molar-refractivity contribution < 1.29 is 23.7 Å². The highest BCUT2D eigenvalue weighted by Gasteiger charge is 2.19. The summed E-state index contributed by atoms with van der Waals surface area (Å²) < 4.78 is 22.9. The first-order valence-corrected chi connectivity index (χ1v) is 8.22. The summed E-state index contributed by atoms with van der Waals surface area (Å²) in [5, 5.41) is 4.17. The molecule has 0 bridgehead atoms. The maximum Gasteiger partial charge on any atom is 0.342 e. The van der Waals surface area contributed by atoms with Gasteiger partial charge in [-0.25, -0.2) is 9.48 Å². The van der Waals surface area contributed by atoms with Crippen LogP contribution in [0.4, 0.5) is 0 Å². The van der Waals surface area contributed by atoms with Crippen LogP contribution in [-0.4, -0.2) is 37.1 Å². The van der Waals surface area contributed by atoms with Gasteiger partial charge in [-0.15, -0.1) is 0 Å². The molecule has 0 amide bonds. The zero-order chi connectivity index (χ0) is 19.2. The molecule has 0 saturated heterocycles. The van der Waals surface area contributed by atoms with Gasteiger partial charge in [-0.1, -0.05) is 12.1 Å². The number of ether oxygens (including phenoxy) is 4. The summed E-state index contributed by atoms with van der Waals surface area (Å²) in [6.07, 6.45) is 3.57. The minimum absolute atomic E-state index is 0.135. The lowest BCUT2D eigenvalue weighted by Crippen LogP contribution is -2.08. The van der Waals surface area contributed by atoms with Crippen molar-refractivity contribution >= 4 is 5.97 Å². The SMILES string of the molecule is COc1cc(OC)c(C(=O)OCc2ccc(-n3cccn3)cc2)cc1OC. The highest BCUT2D eigenvalue weighted by Crippen LogP contribution is 2.35. The minimum atomic E-state index is -0.510. The molecule has 0 N–H and O–H groups in total. The summed E-state index contributed by atoms with van der Waals surface area (Å²) in [7, 11) is 4.49. The first kappa shape index (κ1) is 18.3. The molecule has 0 radical (unpaired) electrons. The molecule has 0 aliphatic rings. The summed E-state index contributed by atoms with van der Waals surface area (Å²) in [5.41, 5.74) is 2.05. The monoisotopic (exact) mass is 368 g/mol. The van der Waals surface area contributed by atoms with Crippen LogP contribution in [0.2, 0.25) is 0 Å². The molecular formula is C20H20N2O5. The standard InChI is InChI=1S/C20H20N2O5/c1-24-17-12-19(26-3)18(25-2)11-16(17)20(23)27-13-14-5-7-15(8-6-14)22-10-4-9-21-22/h4-12H,13H2,1-3H3. The Kier molecular flexibility index (Phi) is 5.61. The molecular weight excluding hydrogens is 348 g/mol. The zero-order valence-electron chi connectivity index (χ0n) is 15.3. The van der Waals surface area contributed by atoms with Crippen molar-refractivity contribution in [3.05, 3.63) is 66.0 Å². The van der Waals surface area contributed by atoms with Crippen molar-refractivity contribution in [1.29, 1.82) is 0 Å². The summed E-state index contributed by atoms with van der Waals surface area (Å²) in [4.78, 5) is 12.5. The second-order valence-corrected chi connectivity index (χ2v) is 5.60. The lowest BCUT2D eigenvalue weighted by molar-refractivity contribution is 0.0468. The molecule has 27 heavy (non-hydrogen) atoms. The van der Waals surface area contributed by atoms with Gasteiger partial charge in [0.15, 0.2) is 11.5 Å². The molecule has 1 aromatic heterocycles. The molecule has 7 heteroatoms. The molecule has 0 unspecified atom stereocenters. The van der Waals surface area contributed by atoms with Crippen molar-refractivity contribution in [3.63, 3.8) is 0 Å². The predicted molar refractivity (Wildman–Crippen MR) is 98.8 cm³/mol. The van der Waals surface area contributed by atoms with E-state index < -0.39 is 5.97 Å². The van der Waals surface area contributed by atoms with Crippen LogP contribution in [0.3, 0.4) is 0 Å². The van der Waals surface area contributed by atoms with Crippen molar-refractivity contribution in [1.82, 2.24) is 9.78 Å². The third-order valence-electron chi connectivity index (χ3n) is 4.00. The molecule has 2 aromatic carbocycles. The van der Waals surface area contributed by atoms with E-state index in [1.165, 1.54) is 21.3 Å². The number of hydrogen-bond donors (Lipinski definition) is 0. The first-order chi connectivity index (χ1) is 13.2. The summed E-state index contributed by atoms with van der Waals surface area (Å²) in [6.45, 7) is 0.135. The van der Waals surface area contributed by atoms with Crippen molar-refractivity contribution in [2.45, 2.75) is 6.61 Å². The number of carbonyl (C=O) groups excluding carboxylic acids is 1. The van der Waals surface area contributed by atoms with Crippen LogP contribution in [-0.2, 0) is 11.3 Å². The zero-order valence-corrected chi connectivity index (χ0v) is 15.3. The lowest BCUT2D eigenvalue weighted by atomic mass is 10.1. The maximum atomic E-state index is 12.5. The number of aromatic nitrogens is 2. The molecule has 3 aromatic rings. The third-order valence-corrected chi connectivity index (χ3v) is 4.00. The lowest BCUT2D eigenvalue weighted by Gasteiger charge is -2.13. The Labute approximate surface area is 157 Å². The summed E-state index contributed by atoms with van der Waals surface area (Å²) in [6, 6.07) is 12.6. The quantitative estimate of drug-likeness (QED) is 0.596. The average molecular weight is 368 g/mol. The largest absolute Gasteiger partial charge is 0.496 e. The average Bonchev–Trinajstić information content (AvgIpc) is 3.26. The molecule has 7 nitrogen and oxygen atoms in total. The number of esters is 1. The van der Waals surface area contributed by atoms with Gasteiger partial charge >= 0.3 is 5.97 Å². The van der Waals surface area contributed by atoms with Crippen LogP contribution < -0.4 is 14.2 Å². The van der Waals surface area contributed by atoms with E-state index in [-0.39, 0.29) is 12.2 Å². The van der Waals surface area contributed by atoms with E-state index in [9.17, 15) is 4.79 Å². The van der Waals surface area contributed by atoms with Gasteiger partial charge in [-0.3, -0.25) is 0 Å². The minimum Gasteiger partial charge on any atom is -0.496 e. The molecule has 0 fully saturated rings. The number of methoxy groups -OCH3 is 3. The Morgan fingerprint density at radius 2 is 1.63 bits per heavy atom. The van der Waals surface area contributed by atoms with Crippen LogP contribution in [0.25, 0.3) is 5.69 Å². The van der Waals surface area contributed by atoms with Gasteiger partial charge in [0.1, 0.15) is 17.9 Å². The van der Waals surface area contributed by atoms with E-state index >= 15 is 0 Å².